The number of aromatic amines is 1. The molecule has 4 rings (SSSR count). The van der Waals surface area contributed by atoms with Crippen molar-refractivity contribution in [1.82, 2.24) is 15.2 Å². The summed E-state index contributed by atoms with van der Waals surface area (Å²) in [7, 11) is 0. The molecule has 0 bridgehead atoms. The standard InChI is InChI=1S/C22H22F3N5S/c1-12-18-10-15(5-8-19(18)30-29-12)20-13(2)28-21(31-20)27-11-17(26)9-14-3-6-16(7-4-14)22(23,24)25/h3-8,10,17H,9,11,26H2,1-2H3,(H,27,28)(H,29,30)/t17-/m0/s1. The molecule has 31 heavy (non-hydrogen) atoms. The Kier molecular flexibility index (Phi) is 5.72. The van der Waals surface area contributed by atoms with Crippen LogP contribution in [0.1, 0.15) is 22.5 Å². The Bertz CT molecular complexity index is 1190. The van der Waals surface area contributed by atoms with Crippen molar-refractivity contribution < 1.29 is 13.2 Å². The summed E-state index contributed by atoms with van der Waals surface area (Å²) < 4.78 is 38.0. The Morgan fingerprint density at radius 2 is 1.84 bits per heavy atom. The van der Waals surface area contributed by atoms with Gasteiger partial charge < -0.3 is 11.1 Å². The fourth-order valence-corrected chi connectivity index (χ4v) is 4.42. The highest BCUT2D eigenvalue weighted by Crippen LogP contribution is 2.34. The van der Waals surface area contributed by atoms with E-state index in [9.17, 15) is 13.2 Å². The maximum atomic E-state index is 12.7. The van der Waals surface area contributed by atoms with Gasteiger partial charge in [0, 0.05) is 18.0 Å². The molecular formula is C22H22F3N5S. The minimum absolute atomic E-state index is 0.255. The second-order valence-electron chi connectivity index (χ2n) is 7.54. The number of nitrogens with zero attached hydrogens (tertiary/aromatic N) is 2. The minimum Gasteiger partial charge on any atom is -0.360 e. The molecular weight excluding hydrogens is 423 g/mol. The van der Waals surface area contributed by atoms with Gasteiger partial charge in [-0.25, -0.2) is 4.98 Å². The van der Waals surface area contributed by atoms with E-state index in [0.717, 1.165) is 55.6 Å². The third-order valence-corrected chi connectivity index (χ3v) is 6.27. The number of rotatable bonds is 6. The van der Waals surface area contributed by atoms with Crippen molar-refractivity contribution in [2.45, 2.75) is 32.5 Å². The lowest BCUT2D eigenvalue weighted by Gasteiger charge is -2.13. The largest absolute Gasteiger partial charge is 0.416 e. The van der Waals surface area contributed by atoms with Crippen LogP contribution < -0.4 is 11.1 Å². The van der Waals surface area contributed by atoms with Crippen LogP contribution in [0.25, 0.3) is 21.3 Å². The second-order valence-corrected chi connectivity index (χ2v) is 8.54. The summed E-state index contributed by atoms with van der Waals surface area (Å²) in [5.41, 5.74) is 10.2. The molecule has 0 spiro atoms. The summed E-state index contributed by atoms with van der Waals surface area (Å²) in [6.07, 6.45) is -3.86. The number of thiazole rings is 1. The second kappa shape index (κ2) is 8.32. The molecule has 4 N–H and O–H groups in total. The number of nitrogens with one attached hydrogen (secondary N) is 2. The van der Waals surface area contributed by atoms with E-state index in [4.69, 9.17) is 5.73 Å². The zero-order valence-electron chi connectivity index (χ0n) is 17.0. The van der Waals surface area contributed by atoms with Crippen molar-refractivity contribution in [3.63, 3.8) is 0 Å². The molecule has 0 saturated carbocycles. The molecule has 162 valence electrons. The van der Waals surface area contributed by atoms with Gasteiger partial charge in [0.1, 0.15) is 0 Å². The molecule has 5 nitrogen and oxygen atoms in total. The van der Waals surface area contributed by atoms with Gasteiger partial charge in [-0.1, -0.05) is 29.5 Å². The van der Waals surface area contributed by atoms with Gasteiger partial charge in [-0.2, -0.15) is 18.3 Å². The van der Waals surface area contributed by atoms with Gasteiger partial charge >= 0.3 is 6.18 Å². The number of anilines is 1. The number of fused-ring (bicyclic) bond motifs is 1. The van der Waals surface area contributed by atoms with Gasteiger partial charge in [-0.3, -0.25) is 5.10 Å². The first-order valence-corrected chi connectivity index (χ1v) is 10.6. The predicted molar refractivity (Wildman–Crippen MR) is 118 cm³/mol. The number of hydrogen-bond acceptors (Lipinski definition) is 5. The van der Waals surface area contributed by atoms with Crippen LogP contribution in [0.3, 0.4) is 0 Å². The van der Waals surface area contributed by atoms with Crippen LogP contribution in [0.15, 0.2) is 42.5 Å². The van der Waals surface area contributed by atoms with E-state index in [0.29, 0.717) is 13.0 Å². The molecule has 0 aliphatic heterocycles. The zero-order chi connectivity index (χ0) is 22.2. The molecule has 4 aromatic rings. The maximum Gasteiger partial charge on any atom is 0.416 e. The third kappa shape index (κ3) is 4.72. The van der Waals surface area contributed by atoms with Crippen LogP contribution in [0.2, 0.25) is 0 Å². The van der Waals surface area contributed by atoms with Crippen molar-refractivity contribution in [2.75, 3.05) is 11.9 Å². The summed E-state index contributed by atoms with van der Waals surface area (Å²) in [6.45, 7) is 4.39. The number of alkyl halides is 3. The minimum atomic E-state index is -4.33. The molecule has 0 aliphatic rings. The number of halogens is 3. The molecule has 0 amide bonds. The Balaban J connectivity index is 1.40. The van der Waals surface area contributed by atoms with Crippen LogP contribution >= 0.6 is 11.3 Å². The van der Waals surface area contributed by atoms with Crippen molar-refractivity contribution in [1.29, 1.82) is 0 Å². The van der Waals surface area contributed by atoms with Gasteiger partial charge in [-0.05, 0) is 55.7 Å². The van der Waals surface area contributed by atoms with Crippen molar-refractivity contribution in [3.05, 3.63) is 65.0 Å². The normalized spacial score (nSPS) is 13.0. The third-order valence-electron chi connectivity index (χ3n) is 5.11. The van der Waals surface area contributed by atoms with E-state index >= 15 is 0 Å². The maximum absolute atomic E-state index is 12.7. The molecule has 1 atom stereocenters. The summed E-state index contributed by atoms with van der Waals surface area (Å²) in [4.78, 5) is 5.67. The van der Waals surface area contributed by atoms with Crippen LogP contribution in [-0.4, -0.2) is 27.8 Å². The fraction of sp³-hybridized carbons (Fsp3) is 0.273. The highest BCUT2D eigenvalue weighted by Gasteiger charge is 2.29. The lowest BCUT2D eigenvalue weighted by atomic mass is 10.0. The Labute approximate surface area is 181 Å². The summed E-state index contributed by atoms with van der Waals surface area (Å²) in [5, 5.41) is 12.3. The zero-order valence-corrected chi connectivity index (χ0v) is 17.9. The predicted octanol–water partition coefficient (Wildman–Crippen LogP) is 5.30. The number of nitrogens with two attached hydrogens (primary N) is 1. The lowest BCUT2D eigenvalue weighted by molar-refractivity contribution is -0.137. The van der Waals surface area contributed by atoms with E-state index in [-0.39, 0.29) is 6.04 Å². The molecule has 0 saturated heterocycles. The van der Waals surface area contributed by atoms with Crippen molar-refractivity contribution in [3.8, 4) is 10.4 Å². The molecule has 9 heteroatoms. The average molecular weight is 446 g/mol. The van der Waals surface area contributed by atoms with Gasteiger partial charge in [0.25, 0.3) is 0 Å². The molecule has 0 unspecified atom stereocenters. The highest BCUT2D eigenvalue weighted by atomic mass is 32.1. The number of H-pyrrole nitrogens is 1. The monoisotopic (exact) mass is 445 g/mol. The van der Waals surface area contributed by atoms with Crippen molar-refractivity contribution in [2.24, 2.45) is 5.73 Å². The summed E-state index contributed by atoms with van der Waals surface area (Å²) in [5.74, 6) is 0. The topological polar surface area (TPSA) is 79.6 Å². The Morgan fingerprint density at radius 3 is 2.55 bits per heavy atom. The van der Waals surface area contributed by atoms with Crippen LogP contribution in [0.5, 0.6) is 0 Å². The van der Waals surface area contributed by atoms with Gasteiger partial charge in [0.2, 0.25) is 0 Å². The Morgan fingerprint density at radius 1 is 1.10 bits per heavy atom. The molecule has 0 radical (unpaired) electrons. The Hall–Kier alpha value is -2.91. The van der Waals surface area contributed by atoms with E-state index in [1.54, 1.807) is 11.3 Å². The van der Waals surface area contributed by atoms with Crippen molar-refractivity contribution >= 4 is 27.4 Å². The quantitative estimate of drug-likeness (QED) is 0.376. The molecule has 2 heterocycles. The van der Waals surface area contributed by atoms with Crippen LogP contribution in [0.4, 0.5) is 18.3 Å². The SMILES string of the molecule is Cc1nc(NC[C@@H](N)Cc2ccc(C(F)(F)F)cc2)sc1-c1ccc2[nH]nc(C)c2c1. The number of hydrogen-bond donors (Lipinski definition) is 3. The number of benzene rings is 2. The molecule has 2 aromatic heterocycles. The molecule has 0 fully saturated rings. The van der Waals surface area contributed by atoms with E-state index < -0.39 is 11.7 Å². The lowest BCUT2D eigenvalue weighted by Crippen LogP contribution is -2.31. The summed E-state index contributed by atoms with van der Waals surface area (Å²) >= 11 is 1.55. The van der Waals surface area contributed by atoms with E-state index in [1.165, 1.54) is 12.1 Å². The first kappa shape index (κ1) is 21.3. The van der Waals surface area contributed by atoms with E-state index in [2.05, 4.69) is 26.6 Å². The average Bonchev–Trinajstić information content (AvgIpc) is 3.28. The van der Waals surface area contributed by atoms with Gasteiger partial charge in [-0.15, -0.1) is 0 Å². The first-order chi connectivity index (χ1) is 14.7. The van der Waals surface area contributed by atoms with Crippen LogP contribution in [0, 0.1) is 13.8 Å². The summed E-state index contributed by atoms with van der Waals surface area (Å²) in [6, 6.07) is 11.0. The van der Waals surface area contributed by atoms with Gasteiger partial charge in [0.15, 0.2) is 5.13 Å². The molecule has 0 aliphatic carbocycles. The smallest absolute Gasteiger partial charge is 0.360 e. The van der Waals surface area contributed by atoms with Crippen LogP contribution in [-0.2, 0) is 12.6 Å². The highest BCUT2D eigenvalue weighted by molar-refractivity contribution is 7.19. The number of aromatic nitrogens is 3. The van der Waals surface area contributed by atoms with E-state index in [1.807, 2.05) is 26.0 Å². The molecule has 2 aromatic carbocycles. The number of aryl methyl sites for hydroxylation is 2. The van der Waals surface area contributed by atoms with Gasteiger partial charge in [0.05, 0.1) is 27.3 Å². The fourth-order valence-electron chi connectivity index (χ4n) is 3.45. The first-order valence-electron chi connectivity index (χ1n) is 9.79.